The van der Waals surface area contributed by atoms with E-state index in [1.54, 1.807) is 0 Å². The molecule has 0 radical (unpaired) electrons. The third-order valence-electron chi connectivity index (χ3n) is 4.54. The van der Waals surface area contributed by atoms with Gasteiger partial charge in [-0.2, -0.15) is 0 Å². The van der Waals surface area contributed by atoms with E-state index in [2.05, 4.69) is 30.3 Å². The number of hydrogen-bond donors (Lipinski definition) is 1. The summed E-state index contributed by atoms with van der Waals surface area (Å²) in [6.45, 7) is 0.362. The molecule has 0 saturated heterocycles. The lowest BCUT2D eigenvalue weighted by Crippen LogP contribution is -2.51. The summed E-state index contributed by atoms with van der Waals surface area (Å²) >= 11 is 0. The Morgan fingerprint density at radius 1 is 1.20 bits per heavy atom. The first-order valence-electron chi connectivity index (χ1n) is 6.01. The van der Waals surface area contributed by atoms with Crippen LogP contribution in [0.15, 0.2) is 30.3 Å². The molecule has 0 heterocycles. The molecule has 1 aromatic rings. The molecule has 15 heavy (non-hydrogen) atoms. The van der Waals surface area contributed by atoms with Crippen molar-refractivity contribution in [2.75, 3.05) is 6.61 Å². The van der Waals surface area contributed by atoms with Crippen molar-refractivity contribution >= 4 is 0 Å². The van der Waals surface area contributed by atoms with Crippen molar-refractivity contribution < 1.29 is 5.11 Å². The third kappa shape index (κ3) is 1.26. The van der Waals surface area contributed by atoms with Gasteiger partial charge in [-0.25, -0.2) is 0 Å². The van der Waals surface area contributed by atoms with Crippen LogP contribution in [-0.2, 0) is 0 Å². The highest BCUT2D eigenvalue weighted by molar-refractivity contribution is 5.28. The van der Waals surface area contributed by atoms with E-state index in [-0.39, 0.29) is 0 Å². The van der Waals surface area contributed by atoms with E-state index in [0.717, 1.165) is 0 Å². The molecule has 0 aromatic heterocycles. The standard InChI is InChI=1S/C14H18O/c15-10-12-9-14(7-4-8-14)13(12)11-5-2-1-3-6-11/h1-3,5-6,12-13,15H,4,7-10H2. The normalized spacial score (nSPS) is 32.1. The Kier molecular flexibility index (Phi) is 2.10. The minimum Gasteiger partial charge on any atom is -0.396 e. The molecule has 2 aliphatic rings. The molecule has 2 fully saturated rings. The smallest absolute Gasteiger partial charge is 0.0465 e. The second-order valence-electron chi connectivity index (χ2n) is 5.25. The first-order valence-corrected chi connectivity index (χ1v) is 6.01. The fourth-order valence-electron chi connectivity index (χ4n) is 3.71. The predicted molar refractivity (Wildman–Crippen MR) is 60.7 cm³/mol. The summed E-state index contributed by atoms with van der Waals surface area (Å²) in [5.74, 6) is 1.16. The van der Waals surface area contributed by atoms with Crippen molar-refractivity contribution in [1.82, 2.24) is 0 Å². The van der Waals surface area contributed by atoms with Gasteiger partial charge in [0.05, 0.1) is 0 Å². The fraction of sp³-hybridized carbons (Fsp3) is 0.571. The zero-order valence-electron chi connectivity index (χ0n) is 9.02. The molecular weight excluding hydrogens is 184 g/mol. The number of hydrogen-bond acceptors (Lipinski definition) is 1. The average molecular weight is 202 g/mol. The van der Waals surface area contributed by atoms with Crippen LogP contribution in [0.3, 0.4) is 0 Å². The summed E-state index contributed by atoms with van der Waals surface area (Å²) in [6, 6.07) is 10.8. The van der Waals surface area contributed by atoms with Gasteiger partial charge in [-0.3, -0.25) is 0 Å². The predicted octanol–water partition coefficient (Wildman–Crippen LogP) is 2.95. The molecule has 1 nitrogen and oxygen atoms in total. The van der Waals surface area contributed by atoms with E-state index in [1.807, 2.05) is 0 Å². The molecule has 2 atom stereocenters. The van der Waals surface area contributed by atoms with Crippen LogP contribution in [0.25, 0.3) is 0 Å². The minimum atomic E-state index is 0.362. The molecule has 1 N–H and O–H groups in total. The Morgan fingerprint density at radius 2 is 1.93 bits per heavy atom. The first kappa shape index (κ1) is 9.41. The Morgan fingerprint density at radius 3 is 2.47 bits per heavy atom. The van der Waals surface area contributed by atoms with Crippen molar-refractivity contribution in [2.24, 2.45) is 11.3 Å². The van der Waals surface area contributed by atoms with Gasteiger partial charge in [0.1, 0.15) is 0 Å². The van der Waals surface area contributed by atoms with Gasteiger partial charge in [-0.15, -0.1) is 0 Å². The maximum atomic E-state index is 9.37. The van der Waals surface area contributed by atoms with Gasteiger partial charge < -0.3 is 5.11 Å². The number of aliphatic hydroxyl groups is 1. The van der Waals surface area contributed by atoms with Crippen molar-refractivity contribution in [3.63, 3.8) is 0 Å². The van der Waals surface area contributed by atoms with Gasteiger partial charge in [0, 0.05) is 6.61 Å². The van der Waals surface area contributed by atoms with E-state index in [0.29, 0.717) is 23.9 Å². The highest BCUT2D eigenvalue weighted by atomic mass is 16.3. The minimum absolute atomic E-state index is 0.362. The zero-order chi connectivity index (χ0) is 10.3. The van der Waals surface area contributed by atoms with Crippen LogP contribution in [-0.4, -0.2) is 11.7 Å². The van der Waals surface area contributed by atoms with Crippen molar-refractivity contribution in [3.05, 3.63) is 35.9 Å². The van der Waals surface area contributed by atoms with E-state index in [4.69, 9.17) is 0 Å². The van der Waals surface area contributed by atoms with E-state index in [1.165, 1.54) is 31.2 Å². The summed E-state index contributed by atoms with van der Waals surface area (Å²) < 4.78 is 0. The zero-order valence-corrected chi connectivity index (χ0v) is 9.02. The highest BCUT2D eigenvalue weighted by Crippen LogP contribution is 2.66. The molecule has 2 aliphatic carbocycles. The van der Waals surface area contributed by atoms with E-state index < -0.39 is 0 Å². The molecule has 0 aliphatic heterocycles. The maximum Gasteiger partial charge on any atom is 0.0465 e. The summed E-state index contributed by atoms with van der Waals surface area (Å²) in [6.07, 6.45) is 5.40. The highest BCUT2D eigenvalue weighted by Gasteiger charge is 2.56. The lowest BCUT2D eigenvalue weighted by Gasteiger charge is -2.61. The summed E-state index contributed by atoms with van der Waals surface area (Å²) in [7, 11) is 0. The monoisotopic (exact) mass is 202 g/mol. The lowest BCUT2D eigenvalue weighted by atomic mass is 9.44. The van der Waals surface area contributed by atoms with Crippen molar-refractivity contribution in [2.45, 2.75) is 31.6 Å². The van der Waals surface area contributed by atoms with Gasteiger partial charge in [0.25, 0.3) is 0 Å². The molecule has 2 unspecified atom stereocenters. The molecule has 2 saturated carbocycles. The molecule has 0 amide bonds. The van der Waals surface area contributed by atoms with Crippen LogP contribution in [0, 0.1) is 11.3 Å². The molecule has 0 bridgehead atoms. The van der Waals surface area contributed by atoms with Crippen LogP contribution < -0.4 is 0 Å². The maximum absolute atomic E-state index is 9.37. The summed E-state index contributed by atoms with van der Waals surface area (Å²) in [5, 5.41) is 9.37. The molecule has 1 spiro atoms. The third-order valence-corrected chi connectivity index (χ3v) is 4.54. The summed E-state index contributed by atoms with van der Waals surface area (Å²) in [5.41, 5.74) is 2.02. The Balaban J connectivity index is 1.88. The fourth-order valence-corrected chi connectivity index (χ4v) is 3.71. The number of benzene rings is 1. The second kappa shape index (κ2) is 3.34. The van der Waals surface area contributed by atoms with Gasteiger partial charge in [0.15, 0.2) is 0 Å². The van der Waals surface area contributed by atoms with Crippen LogP contribution in [0.4, 0.5) is 0 Å². The van der Waals surface area contributed by atoms with Crippen LogP contribution in [0.5, 0.6) is 0 Å². The molecule has 1 heteroatoms. The topological polar surface area (TPSA) is 20.2 Å². The van der Waals surface area contributed by atoms with Crippen molar-refractivity contribution in [3.8, 4) is 0 Å². The molecule has 1 aromatic carbocycles. The van der Waals surface area contributed by atoms with E-state index >= 15 is 0 Å². The van der Waals surface area contributed by atoms with Crippen LogP contribution >= 0.6 is 0 Å². The molecule has 3 rings (SSSR count). The van der Waals surface area contributed by atoms with Crippen LogP contribution in [0.1, 0.15) is 37.2 Å². The SMILES string of the molecule is OCC1CC2(CCC2)C1c1ccccc1. The average Bonchev–Trinajstić information content (AvgIpc) is 2.16. The Labute approximate surface area is 91.1 Å². The van der Waals surface area contributed by atoms with E-state index in [9.17, 15) is 5.11 Å². The molecule has 80 valence electrons. The van der Waals surface area contributed by atoms with Gasteiger partial charge in [-0.1, -0.05) is 36.8 Å². The Bertz CT molecular complexity index is 340. The first-order chi connectivity index (χ1) is 7.36. The van der Waals surface area contributed by atoms with Crippen molar-refractivity contribution in [1.29, 1.82) is 0 Å². The number of rotatable bonds is 2. The Hall–Kier alpha value is -0.820. The lowest BCUT2D eigenvalue weighted by molar-refractivity contribution is -0.0775. The number of aliphatic hydroxyl groups excluding tert-OH is 1. The molecular formula is C14H18O. The van der Waals surface area contributed by atoms with Gasteiger partial charge in [0.2, 0.25) is 0 Å². The van der Waals surface area contributed by atoms with Crippen LogP contribution in [0.2, 0.25) is 0 Å². The van der Waals surface area contributed by atoms with Gasteiger partial charge >= 0.3 is 0 Å². The largest absolute Gasteiger partial charge is 0.396 e. The van der Waals surface area contributed by atoms with Gasteiger partial charge in [-0.05, 0) is 42.1 Å². The summed E-state index contributed by atoms with van der Waals surface area (Å²) in [4.78, 5) is 0. The quantitative estimate of drug-likeness (QED) is 0.781. The second-order valence-corrected chi connectivity index (χ2v) is 5.25.